The largest absolute Gasteiger partial charge is 0.506 e. The predicted molar refractivity (Wildman–Crippen MR) is 204 cm³/mol. The second kappa shape index (κ2) is 15.5. The molecule has 1 N–H and O–H groups in total. The summed E-state index contributed by atoms with van der Waals surface area (Å²) in [5, 5.41) is 11.5. The number of aromatic hydroxyl groups is 1. The van der Waals surface area contributed by atoms with Gasteiger partial charge >= 0.3 is 5.97 Å². The van der Waals surface area contributed by atoms with Crippen molar-refractivity contribution in [1.29, 1.82) is 0 Å². The Kier molecular flexibility index (Phi) is 11.1. The third kappa shape index (κ3) is 7.07. The molecular formula is C40H28Cl2F4O6P2. The van der Waals surface area contributed by atoms with Gasteiger partial charge in [0.15, 0.2) is 20.4 Å². The Balaban J connectivity index is 1.83. The van der Waals surface area contributed by atoms with Gasteiger partial charge in [-0.2, -0.15) is 0 Å². The minimum atomic E-state index is -4.34. The van der Waals surface area contributed by atoms with Gasteiger partial charge in [-0.3, -0.25) is 0 Å². The lowest BCUT2D eigenvalue weighted by atomic mass is 10.0. The number of esters is 1. The average Bonchev–Trinajstić information content (AvgIpc) is 3.16. The smallest absolute Gasteiger partial charge is 0.346 e. The Morgan fingerprint density at radius 2 is 0.907 bits per heavy atom. The topological polar surface area (TPSA) is 89.9 Å². The fourth-order valence-corrected chi connectivity index (χ4v) is 12.1. The van der Waals surface area contributed by atoms with E-state index in [1.807, 2.05) is 0 Å². The van der Waals surface area contributed by atoms with Crippen LogP contribution in [0.1, 0.15) is 6.92 Å². The number of methoxy groups -OCH3 is 1. The lowest BCUT2D eigenvalue weighted by Crippen LogP contribution is -2.31. The zero-order chi connectivity index (χ0) is 38.9. The van der Waals surface area contributed by atoms with Gasteiger partial charge in [0, 0.05) is 43.0 Å². The molecule has 0 aromatic heterocycles. The molecule has 6 rings (SSSR count). The SMILES string of the molecule is COC(=O)[C@H](C)Oc1c(Cl)ccc(P(=O)(c2ccc(F)cc2)c2ccc(F)cc2)c1-c1c(P(=O)(c2ccc(F)cc2)c2ccc(F)cc2)ccc(Cl)c1O. The van der Waals surface area contributed by atoms with Crippen LogP contribution in [-0.4, -0.2) is 24.3 Å². The van der Waals surface area contributed by atoms with E-state index in [1.165, 1.54) is 79.7 Å². The molecule has 0 heterocycles. The lowest BCUT2D eigenvalue weighted by molar-refractivity contribution is -0.147. The Morgan fingerprint density at radius 3 is 1.26 bits per heavy atom. The van der Waals surface area contributed by atoms with Crippen LogP contribution in [0.15, 0.2) is 121 Å². The van der Waals surface area contributed by atoms with Crippen LogP contribution in [0.25, 0.3) is 11.1 Å². The highest BCUT2D eigenvalue weighted by molar-refractivity contribution is 7.86. The number of phenolic OH excluding ortho intramolecular Hbond substituents is 1. The maximum atomic E-state index is 16.0. The van der Waals surface area contributed by atoms with Crippen molar-refractivity contribution in [1.82, 2.24) is 0 Å². The first-order chi connectivity index (χ1) is 25.7. The fourth-order valence-electron chi connectivity index (χ4n) is 6.08. The maximum absolute atomic E-state index is 16.0. The summed E-state index contributed by atoms with van der Waals surface area (Å²) in [4.78, 5) is 12.7. The van der Waals surface area contributed by atoms with Gasteiger partial charge < -0.3 is 23.7 Å². The minimum absolute atomic E-state index is 0.0488. The highest BCUT2D eigenvalue weighted by Crippen LogP contribution is 2.55. The molecule has 0 fully saturated rings. The quantitative estimate of drug-likeness (QED) is 0.0854. The van der Waals surface area contributed by atoms with Crippen molar-refractivity contribution in [3.8, 4) is 22.6 Å². The molecule has 276 valence electrons. The van der Waals surface area contributed by atoms with Crippen LogP contribution in [-0.2, 0) is 18.7 Å². The number of hydrogen-bond donors (Lipinski definition) is 1. The summed E-state index contributed by atoms with van der Waals surface area (Å²) in [5.74, 6) is -4.46. The number of hydrogen-bond acceptors (Lipinski definition) is 6. The molecule has 0 aliphatic rings. The van der Waals surface area contributed by atoms with E-state index in [4.69, 9.17) is 32.7 Å². The zero-order valence-electron chi connectivity index (χ0n) is 28.3. The molecule has 54 heavy (non-hydrogen) atoms. The molecule has 0 saturated heterocycles. The van der Waals surface area contributed by atoms with Gasteiger partial charge in [-0.1, -0.05) is 23.2 Å². The van der Waals surface area contributed by atoms with Crippen LogP contribution in [0.5, 0.6) is 11.5 Å². The van der Waals surface area contributed by atoms with E-state index in [2.05, 4.69) is 0 Å². The number of benzene rings is 6. The molecule has 0 saturated carbocycles. The molecule has 6 nitrogen and oxygen atoms in total. The van der Waals surface area contributed by atoms with E-state index in [1.54, 1.807) is 0 Å². The summed E-state index contributed by atoms with van der Waals surface area (Å²) >= 11 is 13.4. The molecule has 6 aromatic carbocycles. The number of carbonyl (C=O) groups excluding carboxylic acids is 1. The van der Waals surface area contributed by atoms with E-state index in [0.29, 0.717) is 0 Å². The lowest BCUT2D eigenvalue weighted by Gasteiger charge is -2.29. The van der Waals surface area contributed by atoms with Gasteiger partial charge in [0.25, 0.3) is 0 Å². The van der Waals surface area contributed by atoms with Crippen molar-refractivity contribution in [3.05, 3.63) is 155 Å². The van der Waals surface area contributed by atoms with E-state index in [-0.39, 0.29) is 58.7 Å². The first-order valence-corrected chi connectivity index (χ1v) is 20.2. The molecule has 6 aromatic rings. The third-order valence-electron chi connectivity index (χ3n) is 8.71. The molecule has 0 unspecified atom stereocenters. The van der Waals surface area contributed by atoms with Crippen LogP contribution in [0.4, 0.5) is 17.6 Å². The van der Waals surface area contributed by atoms with Crippen LogP contribution in [0.3, 0.4) is 0 Å². The van der Waals surface area contributed by atoms with Crippen molar-refractivity contribution < 1.29 is 46.1 Å². The van der Waals surface area contributed by atoms with Crippen LogP contribution >= 0.6 is 37.5 Å². The second-order valence-electron chi connectivity index (χ2n) is 12.0. The predicted octanol–water partition coefficient (Wildman–Crippen LogP) is 8.14. The third-order valence-corrected chi connectivity index (χ3v) is 15.5. The van der Waals surface area contributed by atoms with Crippen molar-refractivity contribution in [2.75, 3.05) is 7.11 Å². The Morgan fingerprint density at radius 1 is 0.574 bits per heavy atom. The Hall–Kier alpha value is -4.85. The first-order valence-electron chi connectivity index (χ1n) is 16.0. The fraction of sp³-hybridized carbons (Fsp3) is 0.0750. The number of phenols is 1. The molecule has 0 aliphatic carbocycles. The molecule has 0 bridgehead atoms. The van der Waals surface area contributed by atoms with Crippen molar-refractivity contribution in [2.45, 2.75) is 13.0 Å². The summed E-state index contributed by atoms with van der Waals surface area (Å²) in [6, 6.07) is 24.1. The number of carbonyl (C=O) groups is 1. The molecule has 1 atom stereocenters. The summed E-state index contributed by atoms with van der Waals surface area (Å²) in [5.41, 5.74) is -0.580. The van der Waals surface area contributed by atoms with E-state index in [9.17, 15) is 27.5 Å². The number of ether oxygens (including phenoxy) is 2. The van der Waals surface area contributed by atoms with Gasteiger partial charge in [-0.25, -0.2) is 22.4 Å². The van der Waals surface area contributed by atoms with Crippen molar-refractivity contribution >= 4 is 75.3 Å². The molecule has 0 spiro atoms. The van der Waals surface area contributed by atoms with Gasteiger partial charge in [-0.15, -0.1) is 0 Å². The van der Waals surface area contributed by atoms with Gasteiger partial charge in [0.2, 0.25) is 0 Å². The normalized spacial score (nSPS) is 12.3. The standard InChI is InChI=1S/C40H28Cl2F4O6P2/c1-23(40(48)51-2)52-39-33(42)20-22-35(54(50,30-15-7-26(45)8-16-30)31-17-9-27(46)10-18-31)37(39)36-34(21-19-32(41)38(36)47)53(49,28-11-3-24(43)4-12-28)29-13-5-25(44)6-14-29/h3-23,47H,1-2H3/t23-/m0/s1. The zero-order valence-corrected chi connectivity index (χ0v) is 31.6. The Labute approximate surface area is 317 Å². The molecule has 14 heteroatoms. The van der Waals surface area contributed by atoms with E-state index < -0.39 is 55.4 Å². The summed E-state index contributed by atoms with van der Waals surface area (Å²) in [7, 11) is -7.53. The highest BCUT2D eigenvalue weighted by Gasteiger charge is 2.41. The highest BCUT2D eigenvalue weighted by atomic mass is 35.5. The minimum Gasteiger partial charge on any atom is -0.506 e. The molecule has 0 amide bonds. The maximum Gasteiger partial charge on any atom is 0.346 e. The number of halogens is 6. The Bertz CT molecular complexity index is 2360. The first kappa shape index (κ1) is 38.9. The average molecular weight is 814 g/mol. The summed E-state index contributed by atoms with van der Waals surface area (Å²) in [6.45, 7) is 1.35. The van der Waals surface area contributed by atoms with Crippen LogP contribution in [0, 0.1) is 23.3 Å². The van der Waals surface area contributed by atoms with Gasteiger partial charge in [-0.05, 0) is 128 Å². The van der Waals surface area contributed by atoms with Crippen LogP contribution < -0.4 is 36.6 Å². The number of rotatable bonds is 10. The van der Waals surface area contributed by atoms with E-state index in [0.717, 1.165) is 55.6 Å². The van der Waals surface area contributed by atoms with Gasteiger partial charge in [0.05, 0.1) is 17.2 Å². The summed E-state index contributed by atoms with van der Waals surface area (Å²) < 4.78 is 100. The van der Waals surface area contributed by atoms with E-state index >= 15 is 9.13 Å². The van der Waals surface area contributed by atoms with Crippen molar-refractivity contribution in [3.63, 3.8) is 0 Å². The molecule has 0 aliphatic heterocycles. The van der Waals surface area contributed by atoms with Gasteiger partial charge in [0.1, 0.15) is 34.8 Å². The second-order valence-corrected chi connectivity index (χ2v) is 18.2. The van der Waals surface area contributed by atoms with Crippen LogP contribution in [0.2, 0.25) is 10.0 Å². The summed E-state index contributed by atoms with van der Waals surface area (Å²) in [6.07, 6.45) is -1.37. The monoisotopic (exact) mass is 812 g/mol. The molecular weight excluding hydrogens is 785 g/mol. The van der Waals surface area contributed by atoms with Crippen molar-refractivity contribution in [2.24, 2.45) is 0 Å². The molecule has 0 radical (unpaired) electrons.